The summed E-state index contributed by atoms with van der Waals surface area (Å²) < 4.78 is 0. The number of carbonyl (C=O) groups is 1. The van der Waals surface area contributed by atoms with Crippen LogP contribution in [0.5, 0.6) is 0 Å². The Morgan fingerprint density at radius 2 is 2.04 bits per heavy atom. The number of benzene rings is 1. The number of carbonyl (C=O) groups excluding carboxylic acids is 1. The molecule has 2 aromatic rings. The van der Waals surface area contributed by atoms with Crippen molar-refractivity contribution >= 4 is 28.5 Å². The molecule has 0 bridgehead atoms. The zero-order valence-corrected chi connectivity index (χ0v) is 13.5. The first-order valence-electron chi connectivity index (χ1n) is 7.92. The van der Waals surface area contributed by atoms with Crippen molar-refractivity contribution in [2.45, 2.75) is 0 Å². The Hall–Kier alpha value is -1.63. The van der Waals surface area contributed by atoms with Crippen LogP contribution in [0.15, 0.2) is 18.2 Å². The van der Waals surface area contributed by atoms with Crippen molar-refractivity contribution < 1.29 is 9.90 Å². The average molecular weight is 335 g/mol. The molecule has 2 aliphatic heterocycles. The lowest BCUT2D eigenvalue weighted by Crippen LogP contribution is -2.34. The number of hydrogen-bond donors (Lipinski definition) is 2. The molecule has 1 aromatic carbocycles. The van der Waals surface area contributed by atoms with Gasteiger partial charge < -0.3 is 19.9 Å². The summed E-state index contributed by atoms with van der Waals surface area (Å²) in [4.78, 5) is 24.3. The Kier molecular flexibility index (Phi) is 3.75. The van der Waals surface area contributed by atoms with Crippen LogP contribution in [0.2, 0.25) is 5.02 Å². The Balaban J connectivity index is 1.48. The van der Waals surface area contributed by atoms with Gasteiger partial charge in [0.2, 0.25) is 0 Å². The predicted molar refractivity (Wildman–Crippen MR) is 87.5 cm³/mol. The van der Waals surface area contributed by atoms with Gasteiger partial charge in [0, 0.05) is 37.7 Å². The largest absolute Gasteiger partial charge is 0.395 e. The number of aromatic amines is 1. The van der Waals surface area contributed by atoms with Gasteiger partial charge in [-0.05, 0) is 30.0 Å². The molecule has 0 saturated carbocycles. The first-order chi connectivity index (χ1) is 11.1. The smallest absolute Gasteiger partial charge is 0.289 e. The summed E-state index contributed by atoms with van der Waals surface area (Å²) in [5, 5.41) is 9.65. The van der Waals surface area contributed by atoms with Crippen LogP contribution < -0.4 is 0 Å². The van der Waals surface area contributed by atoms with Gasteiger partial charge in [-0.2, -0.15) is 0 Å². The molecule has 4 rings (SSSR count). The lowest BCUT2D eigenvalue weighted by Gasteiger charge is -2.20. The van der Waals surface area contributed by atoms with Gasteiger partial charge in [-0.15, -0.1) is 0 Å². The van der Waals surface area contributed by atoms with Crippen molar-refractivity contribution in [3.63, 3.8) is 0 Å². The Morgan fingerprint density at radius 1 is 1.30 bits per heavy atom. The van der Waals surface area contributed by atoms with E-state index in [1.165, 1.54) is 0 Å². The molecule has 3 heterocycles. The van der Waals surface area contributed by atoms with Crippen LogP contribution in [-0.2, 0) is 0 Å². The monoisotopic (exact) mass is 334 g/mol. The molecule has 0 unspecified atom stereocenters. The van der Waals surface area contributed by atoms with Gasteiger partial charge in [0.05, 0.1) is 17.6 Å². The molecule has 0 radical (unpaired) electrons. The lowest BCUT2D eigenvalue weighted by molar-refractivity contribution is 0.0761. The Morgan fingerprint density at radius 3 is 2.74 bits per heavy atom. The average Bonchev–Trinajstić information content (AvgIpc) is 3.18. The minimum absolute atomic E-state index is 0.0413. The van der Waals surface area contributed by atoms with Crippen LogP contribution in [-0.4, -0.2) is 70.1 Å². The molecule has 122 valence electrons. The number of imidazole rings is 1. The van der Waals surface area contributed by atoms with Gasteiger partial charge in [0.25, 0.3) is 5.91 Å². The number of hydrogen-bond acceptors (Lipinski definition) is 4. The third-order valence-corrected chi connectivity index (χ3v) is 5.15. The summed E-state index contributed by atoms with van der Waals surface area (Å²) in [6, 6.07) is 5.38. The number of aliphatic hydroxyl groups is 1. The quantitative estimate of drug-likeness (QED) is 0.885. The Labute approximate surface area is 139 Å². The van der Waals surface area contributed by atoms with Crippen molar-refractivity contribution in [3.8, 4) is 0 Å². The van der Waals surface area contributed by atoms with Crippen LogP contribution in [0, 0.1) is 11.8 Å². The fraction of sp³-hybridized carbons (Fsp3) is 0.500. The number of fused-ring (bicyclic) bond motifs is 2. The van der Waals surface area contributed by atoms with E-state index in [2.05, 4.69) is 14.9 Å². The molecular formula is C16H19ClN4O2. The number of halogens is 1. The summed E-state index contributed by atoms with van der Waals surface area (Å²) in [7, 11) is 0. The van der Waals surface area contributed by atoms with Gasteiger partial charge in [0.15, 0.2) is 5.82 Å². The zero-order chi connectivity index (χ0) is 16.0. The highest BCUT2D eigenvalue weighted by molar-refractivity contribution is 6.31. The summed E-state index contributed by atoms with van der Waals surface area (Å²) in [5.41, 5.74) is 1.54. The standard InChI is InChI=1S/C16H19ClN4O2/c17-12-1-2-13-14(5-12)19-15(18-13)16(23)21-8-10-6-20(3-4-22)7-11(10)9-21/h1-2,5,10-11,22H,3-4,6-9H2,(H,18,19)/t10-,11+. The molecule has 6 nitrogen and oxygen atoms in total. The van der Waals surface area contributed by atoms with E-state index in [9.17, 15) is 4.79 Å². The maximum Gasteiger partial charge on any atom is 0.289 e. The lowest BCUT2D eigenvalue weighted by atomic mass is 10.0. The van der Waals surface area contributed by atoms with Crippen LogP contribution in [0.25, 0.3) is 11.0 Å². The number of rotatable bonds is 3. The van der Waals surface area contributed by atoms with Crippen molar-refractivity contribution in [2.24, 2.45) is 11.8 Å². The third-order valence-electron chi connectivity index (χ3n) is 4.91. The molecule has 2 fully saturated rings. The summed E-state index contributed by atoms with van der Waals surface area (Å²) in [5.74, 6) is 1.35. The van der Waals surface area contributed by atoms with Crippen LogP contribution in [0.4, 0.5) is 0 Å². The predicted octanol–water partition coefficient (Wildman–Crippen LogP) is 1.21. The number of β-amino-alcohol motifs (C(OH)–C–C–N with tert-alkyl or cyclic N) is 1. The zero-order valence-electron chi connectivity index (χ0n) is 12.7. The number of amides is 1. The van der Waals surface area contributed by atoms with E-state index in [0.717, 1.165) is 43.8 Å². The van der Waals surface area contributed by atoms with E-state index in [1.54, 1.807) is 12.1 Å². The fourth-order valence-corrected chi connectivity index (χ4v) is 3.98. The number of aromatic nitrogens is 2. The molecule has 2 N–H and O–H groups in total. The molecule has 7 heteroatoms. The second-order valence-electron chi connectivity index (χ2n) is 6.46. The van der Waals surface area contributed by atoms with Gasteiger partial charge in [-0.25, -0.2) is 4.98 Å². The topological polar surface area (TPSA) is 72.5 Å². The molecule has 2 aliphatic rings. The third kappa shape index (κ3) is 2.71. The highest BCUT2D eigenvalue weighted by atomic mass is 35.5. The fourth-order valence-electron chi connectivity index (χ4n) is 3.81. The van der Waals surface area contributed by atoms with Gasteiger partial charge >= 0.3 is 0 Å². The molecular weight excluding hydrogens is 316 g/mol. The molecule has 23 heavy (non-hydrogen) atoms. The van der Waals surface area contributed by atoms with Crippen molar-refractivity contribution in [1.82, 2.24) is 19.8 Å². The maximum atomic E-state index is 12.7. The highest BCUT2D eigenvalue weighted by Gasteiger charge is 2.41. The van der Waals surface area contributed by atoms with Crippen LogP contribution in [0.1, 0.15) is 10.6 Å². The number of nitrogens with zero attached hydrogens (tertiary/aromatic N) is 3. The number of aliphatic hydroxyl groups excluding tert-OH is 1. The maximum absolute atomic E-state index is 12.7. The molecule has 2 atom stereocenters. The van der Waals surface area contributed by atoms with Crippen LogP contribution >= 0.6 is 11.6 Å². The molecule has 1 amide bonds. The summed E-state index contributed by atoms with van der Waals surface area (Å²) in [6.45, 7) is 4.39. The first kappa shape index (κ1) is 14.9. The van der Waals surface area contributed by atoms with E-state index in [1.807, 2.05) is 11.0 Å². The van der Waals surface area contributed by atoms with Crippen molar-refractivity contribution in [2.75, 3.05) is 39.3 Å². The van der Waals surface area contributed by atoms with E-state index < -0.39 is 0 Å². The van der Waals surface area contributed by atoms with E-state index in [-0.39, 0.29) is 12.5 Å². The van der Waals surface area contributed by atoms with Gasteiger partial charge in [0.1, 0.15) is 0 Å². The molecule has 0 aliphatic carbocycles. The highest BCUT2D eigenvalue weighted by Crippen LogP contribution is 2.31. The van der Waals surface area contributed by atoms with Crippen LogP contribution in [0.3, 0.4) is 0 Å². The minimum atomic E-state index is -0.0413. The normalized spacial score (nSPS) is 24.5. The summed E-state index contributed by atoms with van der Waals surface area (Å²) >= 11 is 5.97. The molecule has 1 aromatic heterocycles. The molecule has 2 saturated heterocycles. The van der Waals surface area contributed by atoms with E-state index >= 15 is 0 Å². The second-order valence-corrected chi connectivity index (χ2v) is 6.90. The second kappa shape index (κ2) is 5.78. The minimum Gasteiger partial charge on any atom is -0.395 e. The SMILES string of the molecule is O=C(c1nc2cc(Cl)ccc2[nH]1)N1C[C@H]2CN(CCO)C[C@H]2C1. The van der Waals surface area contributed by atoms with E-state index in [4.69, 9.17) is 16.7 Å². The number of likely N-dealkylation sites (tertiary alicyclic amines) is 2. The first-order valence-corrected chi connectivity index (χ1v) is 8.29. The Bertz CT molecular complexity index is 733. The van der Waals surface area contributed by atoms with E-state index in [0.29, 0.717) is 22.7 Å². The number of H-pyrrole nitrogens is 1. The van der Waals surface area contributed by atoms with Crippen molar-refractivity contribution in [1.29, 1.82) is 0 Å². The molecule has 0 spiro atoms. The van der Waals surface area contributed by atoms with Gasteiger partial charge in [-0.1, -0.05) is 11.6 Å². The summed E-state index contributed by atoms with van der Waals surface area (Å²) in [6.07, 6.45) is 0. The number of nitrogens with one attached hydrogen (secondary N) is 1. The van der Waals surface area contributed by atoms with Gasteiger partial charge in [-0.3, -0.25) is 4.79 Å². The van der Waals surface area contributed by atoms with Crippen molar-refractivity contribution in [3.05, 3.63) is 29.0 Å².